The number of hydrogen-bond donors (Lipinski definition) is 3. The molecular weight excluding hydrogens is 886 g/mol. The number of hydrogen-bond acceptors (Lipinski definition) is 8. The third kappa shape index (κ3) is 52.8. The summed E-state index contributed by atoms with van der Waals surface area (Å²) in [5.41, 5.74) is 5.38. The van der Waals surface area contributed by atoms with Crippen molar-refractivity contribution < 1.29 is 42.7 Å². The number of nitrogens with two attached hydrogens (primary N) is 1. The molecule has 0 aromatic rings. The molecule has 4 N–H and O–H groups in total. The zero-order valence-corrected chi connectivity index (χ0v) is 44.8. The number of allylic oxidation sites excluding steroid dienone is 14. The van der Waals surface area contributed by atoms with Crippen LogP contribution in [0.25, 0.3) is 0 Å². The van der Waals surface area contributed by atoms with Crippen LogP contribution in [0.5, 0.6) is 0 Å². The molecule has 10 nitrogen and oxygen atoms in total. The largest absolute Gasteiger partial charge is 0.480 e. The monoisotopic (exact) mass is 988 g/mol. The van der Waals surface area contributed by atoms with Gasteiger partial charge >= 0.3 is 19.8 Å². The Labute approximate surface area is 422 Å². The zero-order valence-electron chi connectivity index (χ0n) is 43.9. The van der Waals surface area contributed by atoms with E-state index < -0.39 is 45.1 Å². The second kappa shape index (κ2) is 53.0. The highest BCUT2D eigenvalue weighted by atomic mass is 31.2. The van der Waals surface area contributed by atoms with Gasteiger partial charge in [0, 0.05) is 13.0 Å². The smallest absolute Gasteiger partial charge is 0.472 e. The Morgan fingerprint density at radius 2 is 0.826 bits per heavy atom. The molecule has 0 bridgehead atoms. The molecule has 0 saturated heterocycles. The Hall–Kier alpha value is -2.85. The molecule has 0 saturated carbocycles. The van der Waals surface area contributed by atoms with Crippen molar-refractivity contribution in [2.24, 2.45) is 5.73 Å². The molecule has 3 atom stereocenters. The van der Waals surface area contributed by atoms with Crippen molar-refractivity contribution in [3.8, 4) is 0 Å². The van der Waals surface area contributed by atoms with E-state index in [1.54, 1.807) is 0 Å². The van der Waals surface area contributed by atoms with Crippen molar-refractivity contribution in [2.75, 3.05) is 26.4 Å². The predicted molar refractivity (Wildman–Crippen MR) is 290 cm³/mol. The van der Waals surface area contributed by atoms with Crippen LogP contribution >= 0.6 is 7.82 Å². The minimum Gasteiger partial charge on any atom is -0.480 e. The number of carbonyl (C=O) groups excluding carboxylic acids is 1. The van der Waals surface area contributed by atoms with Crippen molar-refractivity contribution in [1.29, 1.82) is 0 Å². The Morgan fingerprint density at radius 1 is 0.478 bits per heavy atom. The van der Waals surface area contributed by atoms with Crippen molar-refractivity contribution in [3.05, 3.63) is 85.1 Å². The number of carbonyl (C=O) groups is 2. The third-order valence-corrected chi connectivity index (χ3v) is 12.6. The summed E-state index contributed by atoms with van der Waals surface area (Å²) in [5, 5.41) is 8.94. The summed E-state index contributed by atoms with van der Waals surface area (Å²) in [4.78, 5) is 33.7. The summed E-state index contributed by atoms with van der Waals surface area (Å²) in [6.07, 6.45) is 69.5. The van der Waals surface area contributed by atoms with E-state index in [2.05, 4.69) is 92.8 Å². The van der Waals surface area contributed by atoms with Gasteiger partial charge in [-0.2, -0.15) is 0 Å². The highest BCUT2D eigenvalue weighted by molar-refractivity contribution is 7.47. The normalized spacial score (nSPS) is 14.3. The summed E-state index contributed by atoms with van der Waals surface area (Å²) >= 11 is 0. The van der Waals surface area contributed by atoms with Gasteiger partial charge in [-0.3, -0.25) is 18.6 Å². The number of phosphoric ester groups is 1. The molecule has 11 heteroatoms. The highest BCUT2D eigenvalue weighted by Gasteiger charge is 2.27. The van der Waals surface area contributed by atoms with E-state index >= 15 is 0 Å². The van der Waals surface area contributed by atoms with Gasteiger partial charge in [0.25, 0.3) is 0 Å². The molecule has 0 aliphatic heterocycles. The summed E-state index contributed by atoms with van der Waals surface area (Å²) in [5.74, 6) is -1.84. The number of unbranched alkanes of at least 4 members (excludes halogenated alkanes) is 24. The van der Waals surface area contributed by atoms with Crippen LogP contribution < -0.4 is 5.73 Å². The Kier molecular flexibility index (Phi) is 50.8. The fourth-order valence-corrected chi connectivity index (χ4v) is 8.26. The van der Waals surface area contributed by atoms with Crippen LogP contribution in [0.3, 0.4) is 0 Å². The highest BCUT2D eigenvalue weighted by Crippen LogP contribution is 2.43. The quantitative estimate of drug-likeness (QED) is 0.0232. The molecule has 3 unspecified atom stereocenters. The maximum Gasteiger partial charge on any atom is 0.472 e. The molecule has 0 fully saturated rings. The maximum atomic E-state index is 12.7. The molecule has 0 heterocycles. The van der Waals surface area contributed by atoms with Crippen molar-refractivity contribution in [1.82, 2.24) is 0 Å². The topological polar surface area (TPSA) is 155 Å². The summed E-state index contributed by atoms with van der Waals surface area (Å²) in [6.45, 7) is 3.73. The summed E-state index contributed by atoms with van der Waals surface area (Å²) < 4.78 is 33.5. The van der Waals surface area contributed by atoms with Crippen molar-refractivity contribution >= 4 is 19.8 Å². The van der Waals surface area contributed by atoms with Crippen LogP contribution in [0.2, 0.25) is 0 Å². The number of carboxylic acids is 1. The molecule has 0 aromatic carbocycles. The lowest BCUT2D eigenvalue weighted by Crippen LogP contribution is -2.34. The minimum absolute atomic E-state index is 0.00834. The van der Waals surface area contributed by atoms with Gasteiger partial charge in [0.05, 0.1) is 19.8 Å². The third-order valence-electron chi connectivity index (χ3n) is 11.7. The van der Waals surface area contributed by atoms with Gasteiger partial charge in [-0.25, -0.2) is 4.57 Å². The van der Waals surface area contributed by atoms with E-state index in [1.807, 2.05) is 6.08 Å². The summed E-state index contributed by atoms with van der Waals surface area (Å²) in [6, 6.07) is -1.49. The van der Waals surface area contributed by atoms with E-state index in [4.69, 9.17) is 29.4 Å². The average molecular weight is 988 g/mol. The lowest BCUT2D eigenvalue weighted by atomic mass is 10.0. The Balaban J connectivity index is 4.19. The number of aliphatic carboxylic acids is 1. The first-order chi connectivity index (χ1) is 33.7. The van der Waals surface area contributed by atoms with E-state index in [1.165, 1.54) is 135 Å². The molecular formula is C58H102NO9P. The molecule has 0 radical (unpaired) electrons. The van der Waals surface area contributed by atoms with Gasteiger partial charge in [-0.05, 0) is 64.2 Å². The first kappa shape index (κ1) is 66.2. The molecule has 0 spiro atoms. The lowest BCUT2D eigenvalue weighted by molar-refractivity contribution is -0.154. The molecule has 0 aromatic heterocycles. The number of phosphoric acid groups is 1. The van der Waals surface area contributed by atoms with Gasteiger partial charge in [0.2, 0.25) is 0 Å². The van der Waals surface area contributed by atoms with E-state index in [9.17, 15) is 19.0 Å². The van der Waals surface area contributed by atoms with Gasteiger partial charge in [-0.15, -0.1) is 0 Å². The maximum absolute atomic E-state index is 12.7. The zero-order chi connectivity index (χ0) is 50.4. The van der Waals surface area contributed by atoms with E-state index in [0.717, 1.165) is 64.2 Å². The number of carboxylic acid groups (broad SMARTS) is 1. The van der Waals surface area contributed by atoms with Crippen molar-refractivity contribution in [3.63, 3.8) is 0 Å². The standard InChI is InChI=1S/C58H102NO9P/c1-3-5-7-9-11-13-15-17-19-21-23-25-27-29-31-33-35-37-39-41-43-45-47-49-51-65-52-55(53-66-69(63,64)67-54-56(59)58(61)62)68-57(60)50-48-46-44-42-40-38-36-34-32-30-28-26-24-22-20-18-16-14-12-10-8-6-4-2/h6,8,12,14,18,20,24,26,30,32,36,38,42,44,55-56H,3-5,7,9-11,13,15-17,19,21-23,25,27-29,31,33-35,37,39-41,43,45-54,59H2,1-2H3,(H,61,62)(H,63,64)/b8-6-,14-12-,20-18-,26-24-,32-30-,38-36-,44-42-. The fraction of sp³-hybridized carbons (Fsp3) is 0.724. The predicted octanol–water partition coefficient (Wildman–Crippen LogP) is 16.7. The number of ether oxygens (including phenoxy) is 2. The van der Waals surface area contributed by atoms with Crippen molar-refractivity contribution in [2.45, 2.75) is 244 Å². The minimum atomic E-state index is -4.65. The molecule has 0 rings (SSSR count). The average Bonchev–Trinajstić information content (AvgIpc) is 3.33. The Morgan fingerprint density at radius 3 is 1.20 bits per heavy atom. The van der Waals surface area contributed by atoms with Crippen LogP contribution in [-0.4, -0.2) is 60.5 Å². The number of esters is 1. The second-order valence-electron chi connectivity index (χ2n) is 18.3. The Bertz CT molecular complexity index is 1420. The fourth-order valence-electron chi connectivity index (χ4n) is 7.48. The molecule has 0 amide bonds. The van der Waals surface area contributed by atoms with Crippen LogP contribution in [0.4, 0.5) is 0 Å². The first-order valence-electron chi connectivity index (χ1n) is 27.6. The van der Waals surface area contributed by atoms with E-state index in [0.29, 0.717) is 19.4 Å². The van der Waals surface area contributed by atoms with Gasteiger partial charge in [0.15, 0.2) is 0 Å². The molecule has 0 aliphatic rings. The molecule has 69 heavy (non-hydrogen) atoms. The van der Waals surface area contributed by atoms with E-state index in [-0.39, 0.29) is 13.0 Å². The first-order valence-corrected chi connectivity index (χ1v) is 29.1. The van der Waals surface area contributed by atoms with Crippen LogP contribution in [-0.2, 0) is 32.7 Å². The van der Waals surface area contributed by atoms with Crippen LogP contribution in [0.1, 0.15) is 232 Å². The van der Waals surface area contributed by atoms with Gasteiger partial charge in [-0.1, -0.05) is 247 Å². The van der Waals surface area contributed by atoms with Gasteiger partial charge < -0.3 is 25.2 Å². The van der Waals surface area contributed by atoms with Crippen LogP contribution in [0, 0.1) is 0 Å². The molecule has 398 valence electrons. The SMILES string of the molecule is CC/C=C\C/C=C\C/C=C\C/C=C\C/C=C\C/C=C\C/C=C\CCCC(=O)OC(COCCCCCCCCCCCCCCCCCCCCCCCCCC)COP(=O)(O)OCC(N)C(=O)O. The van der Waals surface area contributed by atoms with Crippen LogP contribution in [0.15, 0.2) is 85.1 Å². The molecule has 0 aliphatic carbocycles. The number of rotatable bonds is 52. The van der Waals surface area contributed by atoms with Gasteiger partial charge in [0.1, 0.15) is 12.1 Å². The lowest BCUT2D eigenvalue weighted by Gasteiger charge is -2.20. The second-order valence-corrected chi connectivity index (χ2v) is 19.8. The summed E-state index contributed by atoms with van der Waals surface area (Å²) in [7, 11) is -4.65.